The topological polar surface area (TPSA) is 62.5 Å². The van der Waals surface area contributed by atoms with Crippen molar-refractivity contribution in [3.63, 3.8) is 0 Å². The summed E-state index contributed by atoms with van der Waals surface area (Å²) in [5.74, 6) is -1.22. The van der Waals surface area contributed by atoms with E-state index in [1.54, 1.807) is 16.8 Å². The van der Waals surface area contributed by atoms with Gasteiger partial charge in [-0.2, -0.15) is 0 Å². The van der Waals surface area contributed by atoms with Crippen LogP contribution >= 0.6 is 11.6 Å². The highest BCUT2D eigenvalue weighted by Crippen LogP contribution is 2.27. The largest absolute Gasteiger partial charge is 0.480 e. The van der Waals surface area contributed by atoms with Crippen molar-refractivity contribution in [2.24, 2.45) is 5.92 Å². The van der Waals surface area contributed by atoms with Crippen LogP contribution in [-0.4, -0.2) is 39.0 Å². The number of aromatic nitrogens is 1. The summed E-state index contributed by atoms with van der Waals surface area (Å²) in [6, 6.07) is 0.868. The number of amides is 1. The van der Waals surface area contributed by atoms with Gasteiger partial charge < -0.3 is 14.6 Å². The maximum absolute atomic E-state index is 12.6. The highest BCUT2D eigenvalue weighted by atomic mass is 35.5. The molecular formula is C14H19ClN2O3. The predicted octanol–water partition coefficient (Wildman–Crippen LogP) is 2.49. The highest BCUT2D eigenvalue weighted by Gasteiger charge is 2.40. The molecule has 20 heavy (non-hydrogen) atoms. The number of aliphatic carboxylic acids is 1. The van der Waals surface area contributed by atoms with E-state index in [0.29, 0.717) is 30.2 Å². The zero-order chi connectivity index (χ0) is 14.9. The average Bonchev–Trinajstić information content (AvgIpc) is 2.92. The van der Waals surface area contributed by atoms with Crippen LogP contribution < -0.4 is 0 Å². The molecule has 2 rings (SSSR count). The van der Waals surface area contributed by atoms with Gasteiger partial charge in [0.1, 0.15) is 11.7 Å². The van der Waals surface area contributed by atoms with Gasteiger partial charge in [0.05, 0.1) is 5.02 Å². The van der Waals surface area contributed by atoms with Gasteiger partial charge in [0.15, 0.2) is 0 Å². The Morgan fingerprint density at radius 1 is 1.50 bits per heavy atom. The first-order chi connectivity index (χ1) is 9.45. The fourth-order valence-electron chi connectivity index (χ4n) is 2.78. The molecule has 0 spiro atoms. The highest BCUT2D eigenvalue weighted by molar-refractivity contribution is 6.31. The minimum atomic E-state index is -0.942. The van der Waals surface area contributed by atoms with Gasteiger partial charge in [-0.05, 0) is 24.8 Å². The first-order valence-corrected chi connectivity index (χ1v) is 7.23. The third kappa shape index (κ3) is 2.68. The summed E-state index contributed by atoms with van der Waals surface area (Å²) in [6.45, 7) is 5.05. The Labute approximate surface area is 123 Å². The molecule has 1 saturated heterocycles. The molecule has 2 heterocycles. The monoisotopic (exact) mass is 298 g/mol. The predicted molar refractivity (Wildman–Crippen MR) is 76.0 cm³/mol. The van der Waals surface area contributed by atoms with E-state index in [4.69, 9.17) is 11.6 Å². The number of hydrogen-bond donors (Lipinski definition) is 1. The molecule has 2 unspecified atom stereocenters. The fourth-order valence-corrected chi connectivity index (χ4v) is 3.00. The van der Waals surface area contributed by atoms with Gasteiger partial charge in [-0.25, -0.2) is 4.79 Å². The lowest BCUT2D eigenvalue weighted by atomic mass is 10.0. The van der Waals surface area contributed by atoms with Crippen molar-refractivity contribution in [3.05, 3.63) is 23.0 Å². The summed E-state index contributed by atoms with van der Waals surface area (Å²) in [5, 5.41) is 9.80. The van der Waals surface area contributed by atoms with Crippen LogP contribution in [-0.2, 0) is 11.3 Å². The number of halogens is 1. The molecule has 1 aromatic rings. The van der Waals surface area contributed by atoms with E-state index in [-0.39, 0.29) is 11.8 Å². The maximum Gasteiger partial charge on any atom is 0.326 e. The quantitative estimate of drug-likeness (QED) is 0.929. The lowest BCUT2D eigenvalue weighted by molar-refractivity contribution is -0.142. The number of carbonyl (C=O) groups is 2. The van der Waals surface area contributed by atoms with Crippen molar-refractivity contribution in [1.82, 2.24) is 9.47 Å². The van der Waals surface area contributed by atoms with Crippen molar-refractivity contribution < 1.29 is 14.7 Å². The van der Waals surface area contributed by atoms with E-state index in [0.717, 1.165) is 6.42 Å². The summed E-state index contributed by atoms with van der Waals surface area (Å²) in [6.07, 6.45) is 3.31. The Morgan fingerprint density at radius 2 is 2.20 bits per heavy atom. The van der Waals surface area contributed by atoms with Crippen molar-refractivity contribution in [3.8, 4) is 0 Å². The van der Waals surface area contributed by atoms with Crippen LogP contribution in [0.3, 0.4) is 0 Å². The molecule has 5 nitrogen and oxygen atoms in total. The van der Waals surface area contributed by atoms with Crippen LogP contribution in [0.2, 0.25) is 5.02 Å². The molecular weight excluding hydrogens is 280 g/mol. The van der Waals surface area contributed by atoms with Gasteiger partial charge >= 0.3 is 5.97 Å². The summed E-state index contributed by atoms with van der Waals surface area (Å²) in [7, 11) is 0. The standard InChI is InChI=1S/C14H19ClN2O3/c1-3-5-16-8-10(15)7-11(16)13(18)17-6-4-9(2)12(17)14(19)20/h7-9,12H,3-6H2,1-2H3,(H,19,20). The van der Waals surface area contributed by atoms with Gasteiger partial charge in [0.25, 0.3) is 5.91 Å². The minimum Gasteiger partial charge on any atom is -0.480 e. The number of hydrogen-bond acceptors (Lipinski definition) is 2. The summed E-state index contributed by atoms with van der Waals surface area (Å²) >= 11 is 5.97. The molecule has 1 amide bonds. The zero-order valence-corrected chi connectivity index (χ0v) is 12.4. The van der Waals surface area contributed by atoms with E-state index < -0.39 is 12.0 Å². The molecule has 1 aliphatic heterocycles. The van der Waals surface area contributed by atoms with E-state index >= 15 is 0 Å². The van der Waals surface area contributed by atoms with Crippen molar-refractivity contribution >= 4 is 23.5 Å². The number of nitrogens with zero attached hydrogens (tertiary/aromatic N) is 2. The van der Waals surface area contributed by atoms with Crippen LogP contribution in [0.25, 0.3) is 0 Å². The van der Waals surface area contributed by atoms with Gasteiger partial charge in [0, 0.05) is 19.3 Å². The Bertz CT molecular complexity index is 526. The van der Waals surface area contributed by atoms with Gasteiger partial charge in [-0.15, -0.1) is 0 Å². The molecule has 2 atom stereocenters. The van der Waals surface area contributed by atoms with Crippen molar-refractivity contribution in [2.45, 2.75) is 39.3 Å². The number of carboxylic acids is 1. The van der Waals surface area contributed by atoms with E-state index in [2.05, 4.69) is 0 Å². The molecule has 110 valence electrons. The Balaban J connectivity index is 2.29. The lowest BCUT2D eigenvalue weighted by Gasteiger charge is -2.23. The normalized spacial score (nSPS) is 22.2. The molecule has 0 aromatic carbocycles. The SMILES string of the molecule is CCCn1cc(Cl)cc1C(=O)N1CCC(C)C1C(=O)O. The Hall–Kier alpha value is -1.49. The van der Waals surface area contributed by atoms with Crippen molar-refractivity contribution in [2.75, 3.05) is 6.54 Å². The number of likely N-dealkylation sites (tertiary alicyclic amines) is 1. The molecule has 0 bridgehead atoms. The molecule has 0 saturated carbocycles. The van der Waals surface area contributed by atoms with Crippen LogP contribution in [0.1, 0.15) is 37.2 Å². The van der Waals surface area contributed by atoms with Crippen molar-refractivity contribution in [1.29, 1.82) is 0 Å². The second kappa shape index (κ2) is 5.87. The number of aryl methyl sites for hydroxylation is 1. The van der Waals surface area contributed by atoms with Crippen LogP contribution in [0.5, 0.6) is 0 Å². The van der Waals surface area contributed by atoms with E-state index in [1.165, 1.54) is 4.90 Å². The molecule has 1 aliphatic rings. The smallest absolute Gasteiger partial charge is 0.326 e. The van der Waals surface area contributed by atoms with Gasteiger partial charge in [-0.1, -0.05) is 25.4 Å². The second-order valence-corrected chi connectivity index (χ2v) is 5.72. The lowest BCUT2D eigenvalue weighted by Crippen LogP contribution is -2.43. The van der Waals surface area contributed by atoms with E-state index in [9.17, 15) is 14.7 Å². The third-order valence-corrected chi connectivity index (χ3v) is 3.97. The first kappa shape index (κ1) is 14.9. The van der Waals surface area contributed by atoms with Crippen LogP contribution in [0, 0.1) is 5.92 Å². The zero-order valence-electron chi connectivity index (χ0n) is 11.7. The summed E-state index contributed by atoms with van der Waals surface area (Å²) < 4.78 is 1.80. The molecule has 1 N–H and O–H groups in total. The minimum absolute atomic E-state index is 0.0264. The average molecular weight is 299 g/mol. The van der Waals surface area contributed by atoms with Crippen LogP contribution in [0.4, 0.5) is 0 Å². The number of rotatable bonds is 4. The first-order valence-electron chi connectivity index (χ1n) is 6.85. The van der Waals surface area contributed by atoms with Gasteiger partial charge in [0.2, 0.25) is 0 Å². The molecule has 0 radical (unpaired) electrons. The number of carbonyl (C=O) groups excluding carboxylic acids is 1. The van der Waals surface area contributed by atoms with Gasteiger partial charge in [-0.3, -0.25) is 4.79 Å². The van der Waals surface area contributed by atoms with E-state index in [1.807, 2.05) is 13.8 Å². The summed E-state index contributed by atoms with van der Waals surface area (Å²) in [4.78, 5) is 25.4. The molecule has 1 fully saturated rings. The van der Waals surface area contributed by atoms with Crippen LogP contribution in [0.15, 0.2) is 12.3 Å². The molecule has 0 aliphatic carbocycles. The molecule has 1 aromatic heterocycles. The number of carboxylic acid groups (broad SMARTS) is 1. The second-order valence-electron chi connectivity index (χ2n) is 5.28. The summed E-state index contributed by atoms with van der Waals surface area (Å²) in [5.41, 5.74) is 0.470. The molecule has 6 heteroatoms. The Morgan fingerprint density at radius 3 is 2.80 bits per heavy atom. The Kier molecular flexibility index (Phi) is 4.38. The third-order valence-electron chi connectivity index (χ3n) is 3.76. The fraction of sp³-hybridized carbons (Fsp3) is 0.571. The maximum atomic E-state index is 12.6.